The molecule has 0 aliphatic rings. The topological polar surface area (TPSA) is 91.3 Å². The number of unbranched alkanes of at least 4 members (excludes halogenated alkanes) is 23. The first-order valence-corrected chi connectivity index (χ1v) is 22.6. The van der Waals surface area contributed by atoms with Crippen LogP contribution in [0.4, 0.5) is 0 Å². The van der Waals surface area contributed by atoms with E-state index in [9.17, 15) is 14.3 Å². The van der Waals surface area contributed by atoms with Crippen LogP contribution in [-0.4, -0.2) is 69.0 Å². The Kier molecular flexibility index (Phi) is 35.0. The van der Waals surface area contributed by atoms with Crippen LogP contribution in [0.3, 0.4) is 0 Å². The Morgan fingerprint density at radius 1 is 0.608 bits per heavy atom. The van der Waals surface area contributed by atoms with Gasteiger partial charge in [-0.1, -0.05) is 148 Å². The summed E-state index contributed by atoms with van der Waals surface area (Å²) >= 11 is 0. The molecule has 1 N–H and O–H groups in total. The number of likely N-dealkylation sites (N-methyl/N-ethyl adjacent to an activating group) is 1. The summed E-state index contributed by atoms with van der Waals surface area (Å²) in [7, 11) is 1.64. The Morgan fingerprint density at radius 2 is 1.04 bits per heavy atom. The Morgan fingerprint density at radius 3 is 1.53 bits per heavy atom. The number of phosphoric acid groups is 1. The van der Waals surface area contributed by atoms with E-state index in [0.717, 1.165) is 32.1 Å². The largest absolute Gasteiger partial charge is 0.498 e. The Hall–Kier alpha value is -1.18. The predicted molar refractivity (Wildman–Crippen MR) is 215 cm³/mol. The molecule has 0 spiro atoms. The summed E-state index contributed by atoms with van der Waals surface area (Å²) in [4.78, 5) is 22.8. The Labute approximate surface area is 315 Å². The SMILES string of the molecule is CCCCCC/C=C\CCCCCCCC/C=C\OCC(COP(=O)(O)OCC[N+](C)(C)C)OC(=O)CCCCCCCCCCCCCCC. The van der Waals surface area contributed by atoms with Crippen LogP contribution in [0.15, 0.2) is 24.5 Å². The number of rotatable bonds is 39. The van der Waals surface area contributed by atoms with Crippen LogP contribution in [0.1, 0.15) is 187 Å². The molecule has 0 aliphatic heterocycles. The molecule has 9 heteroatoms. The third-order valence-corrected chi connectivity index (χ3v) is 10.1. The van der Waals surface area contributed by atoms with Gasteiger partial charge in [-0.25, -0.2) is 4.57 Å². The lowest BCUT2D eigenvalue weighted by molar-refractivity contribution is -0.870. The van der Waals surface area contributed by atoms with Crippen LogP contribution in [0, 0.1) is 0 Å². The number of nitrogens with zero attached hydrogens (tertiary/aromatic N) is 1. The monoisotopic (exact) mass is 745 g/mol. The zero-order chi connectivity index (χ0) is 37.7. The number of carbonyl (C=O) groups is 1. The summed E-state index contributed by atoms with van der Waals surface area (Å²) in [6, 6.07) is 0. The highest BCUT2D eigenvalue weighted by molar-refractivity contribution is 7.47. The number of esters is 1. The number of allylic oxidation sites excluding steroid dienone is 3. The van der Waals surface area contributed by atoms with E-state index >= 15 is 0 Å². The third-order valence-electron chi connectivity index (χ3n) is 9.08. The van der Waals surface area contributed by atoms with Gasteiger partial charge in [0, 0.05) is 6.42 Å². The second kappa shape index (κ2) is 35.8. The minimum Gasteiger partial charge on any atom is -0.498 e. The maximum atomic E-state index is 12.6. The molecule has 0 bridgehead atoms. The van der Waals surface area contributed by atoms with Gasteiger partial charge >= 0.3 is 13.8 Å². The number of carbonyl (C=O) groups excluding carboxylic acids is 1. The maximum absolute atomic E-state index is 12.6. The molecule has 302 valence electrons. The van der Waals surface area contributed by atoms with E-state index in [1.807, 2.05) is 27.2 Å². The zero-order valence-corrected chi connectivity index (χ0v) is 35.0. The molecule has 2 unspecified atom stereocenters. The summed E-state index contributed by atoms with van der Waals surface area (Å²) in [6.45, 7) is 4.92. The highest BCUT2D eigenvalue weighted by atomic mass is 31.2. The third kappa shape index (κ3) is 39.9. The second-order valence-electron chi connectivity index (χ2n) is 15.4. The summed E-state index contributed by atoms with van der Waals surface area (Å²) in [6.07, 6.45) is 40.1. The highest BCUT2D eigenvalue weighted by Gasteiger charge is 2.26. The summed E-state index contributed by atoms with van der Waals surface area (Å²) in [5, 5.41) is 0. The van der Waals surface area contributed by atoms with E-state index in [0.29, 0.717) is 17.4 Å². The highest BCUT2D eigenvalue weighted by Crippen LogP contribution is 2.43. The van der Waals surface area contributed by atoms with Crippen LogP contribution >= 0.6 is 7.82 Å². The second-order valence-corrected chi connectivity index (χ2v) is 16.9. The van der Waals surface area contributed by atoms with Crippen molar-refractivity contribution in [3.8, 4) is 0 Å². The molecule has 0 heterocycles. The number of hydrogen-bond acceptors (Lipinski definition) is 6. The minimum atomic E-state index is -4.28. The lowest BCUT2D eigenvalue weighted by Gasteiger charge is -2.24. The van der Waals surface area contributed by atoms with Crippen molar-refractivity contribution in [3.63, 3.8) is 0 Å². The zero-order valence-electron chi connectivity index (χ0n) is 34.1. The van der Waals surface area contributed by atoms with Gasteiger partial charge in [0.15, 0.2) is 6.10 Å². The van der Waals surface area contributed by atoms with Gasteiger partial charge in [0.05, 0.1) is 34.0 Å². The van der Waals surface area contributed by atoms with E-state index in [2.05, 4.69) is 26.0 Å². The Balaban J connectivity index is 4.30. The van der Waals surface area contributed by atoms with Gasteiger partial charge in [-0.15, -0.1) is 0 Å². The van der Waals surface area contributed by atoms with Gasteiger partial charge < -0.3 is 18.9 Å². The summed E-state index contributed by atoms with van der Waals surface area (Å²) in [5.74, 6) is -0.337. The lowest BCUT2D eigenvalue weighted by atomic mass is 10.0. The number of ether oxygens (including phenoxy) is 2. The average Bonchev–Trinajstić information content (AvgIpc) is 3.08. The van der Waals surface area contributed by atoms with Crippen LogP contribution in [0.5, 0.6) is 0 Å². The molecule has 0 rings (SSSR count). The smallest absolute Gasteiger partial charge is 0.472 e. The molecular weight excluding hydrogens is 661 g/mol. The first-order chi connectivity index (χ1) is 24.6. The van der Waals surface area contributed by atoms with Crippen molar-refractivity contribution in [1.29, 1.82) is 0 Å². The van der Waals surface area contributed by atoms with Crippen molar-refractivity contribution >= 4 is 13.8 Å². The molecule has 0 saturated heterocycles. The first-order valence-electron chi connectivity index (χ1n) is 21.1. The van der Waals surface area contributed by atoms with Gasteiger partial charge in [0.2, 0.25) is 0 Å². The normalized spacial score (nSPS) is 14.0. The van der Waals surface area contributed by atoms with E-state index < -0.39 is 13.9 Å². The molecule has 51 heavy (non-hydrogen) atoms. The fraction of sp³-hybridized carbons (Fsp3) is 0.881. The van der Waals surface area contributed by atoms with Crippen LogP contribution in [0.25, 0.3) is 0 Å². The molecule has 0 saturated carbocycles. The Bertz CT molecular complexity index is 874. The van der Waals surface area contributed by atoms with Crippen LogP contribution in [0.2, 0.25) is 0 Å². The van der Waals surface area contributed by atoms with Gasteiger partial charge in [-0.2, -0.15) is 0 Å². The van der Waals surface area contributed by atoms with Crippen molar-refractivity contribution in [1.82, 2.24) is 0 Å². The van der Waals surface area contributed by atoms with Gasteiger partial charge in [0.25, 0.3) is 0 Å². The summed E-state index contributed by atoms with van der Waals surface area (Å²) < 4.78 is 34.7. The van der Waals surface area contributed by atoms with Crippen molar-refractivity contribution in [2.75, 3.05) is 47.5 Å². The molecule has 0 aromatic heterocycles. The predicted octanol–water partition coefficient (Wildman–Crippen LogP) is 12.4. The van der Waals surface area contributed by atoms with Gasteiger partial charge in [-0.05, 0) is 51.0 Å². The average molecular weight is 745 g/mol. The molecular formula is C42H83NO7P+. The lowest BCUT2D eigenvalue weighted by Crippen LogP contribution is -2.37. The van der Waals surface area contributed by atoms with Crippen molar-refractivity contribution in [3.05, 3.63) is 24.5 Å². The molecule has 0 aliphatic carbocycles. The number of hydrogen-bond donors (Lipinski definition) is 1. The first kappa shape index (κ1) is 49.8. The fourth-order valence-electron chi connectivity index (χ4n) is 5.75. The van der Waals surface area contributed by atoms with Crippen LogP contribution in [-0.2, 0) is 27.9 Å². The maximum Gasteiger partial charge on any atom is 0.472 e. The number of quaternary nitrogens is 1. The molecule has 0 fully saturated rings. The molecule has 0 aromatic rings. The van der Waals surface area contributed by atoms with Gasteiger partial charge in [-0.3, -0.25) is 13.8 Å². The van der Waals surface area contributed by atoms with Crippen LogP contribution < -0.4 is 0 Å². The molecule has 0 radical (unpaired) electrons. The van der Waals surface area contributed by atoms with Crippen molar-refractivity contribution in [2.24, 2.45) is 0 Å². The minimum absolute atomic E-state index is 0.0485. The van der Waals surface area contributed by atoms with E-state index in [-0.39, 0.29) is 25.8 Å². The standard InChI is InChI=1S/C42H82NO7P/c1-6-8-10-12-14-16-18-20-21-22-24-26-28-30-32-34-37-47-39-41(40-49-51(45,46)48-38-36-43(3,4)5)50-42(44)35-33-31-29-27-25-23-19-17-15-13-11-9-7-2/h16,18,34,37,41H,6-15,17,19-33,35-36,38-40H2,1-5H3/p+1/b18-16-,37-34-. The van der Waals surface area contributed by atoms with Gasteiger partial charge in [0.1, 0.15) is 19.8 Å². The molecule has 0 aromatic carbocycles. The summed E-state index contributed by atoms with van der Waals surface area (Å²) in [5.41, 5.74) is 0. The number of phosphoric ester groups is 1. The van der Waals surface area contributed by atoms with Crippen molar-refractivity contribution < 1.29 is 37.3 Å². The van der Waals surface area contributed by atoms with E-state index in [1.165, 1.54) is 135 Å². The van der Waals surface area contributed by atoms with Crippen molar-refractivity contribution in [2.45, 2.75) is 193 Å². The quantitative estimate of drug-likeness (QED) is 0.0167. The fourth-order valence-corrected chi connectivity index (χ4v) is 6.49. The molecule has 8 nitrogen and oxygen atoms in total. The molecule has 0 amide bonds. The van der Waals surface area contributed by atoms with E-state index in [1.54, 1.807) is 6.26 Å². The molecule has 2 atom stereocenters. The van der Waals surface area contributed by atoms with E-state index in [4.69, 9.17) is 18.5 Å².